The van der Waals surface area contributed by atoms with E-state index < -0.39 is 0 Å². The molecular weight excluding hydrogens is 230 g/mol. The monoisotopic (exact) mass is 249 g/mol. The van der Waals surface area contributed by atoms with Gasteiger partial charge in [0.1, 0.15) is 0 Å². The highest BCUT2D eigenvalue weighted by molar-refractivity contribution is 5.45. The summed E-state index contributed by atoms with van der Waals surface area (Å²) in [7, 11) is 0. The van der Waals surface area contributed by atoms with Crippen LogP contribution in [0.1, 0.15) is 11.6 Å². The predicted molar refractivity (Wildman–Crippen MR) is 68.8 cm³/mol. The maximum absolute atomic E-state index is 6.26. The number of piperazine rings is 1. The Morgan fingerprint density at radius 2 is 2.00 bits per heavy atom. The third kappa shape index (κ3) is 2.43. The van der Waals surface area contributed by atoms with E-state index in [0.717, 1.165) is 49.8 Å². The molecule has 0 aromatic heterocycles. The van der Waals surface area contributed by atoms with Crippen LogP contribution >= 0.6 is 0 Å². The van der Waals surface area contributed by atoms with Crippen LogP contribution in [0.15, 0.2) is 18.2 Å². The van der Waals surface area contributed by atoms with Gasteiger partial charge in [0.25, 0.3) is 0 Å². The highest BCUT2D eigenvalue weighted by atomic mass is 16.7. The second-order valence-electron chi connectivity index (χ2n) is 4.77. The zero-order valence-electron chi connectivity index (χ0n) is 10.4. The third-order valence-electron chi connectivity index (χ3n) is 3.49. The van der Waals surface area contributed by atoms with Gasteiger partial charge in [0, 0.05) is 38.8 Å². The molecule has 3 N–H and O–H groups in total. The number of ether oxygens (including phenoxy) is 2. The van der Waals surface area contributed by atoms with Gasteiger partial charge in [-0.1, -0.05) is 6.07 Å². The lowest BCUT2D eigenvalue weighted by molar-refractivity contribution is 0.174. The predicted octanol–water partition coefficient (Wildman–Crippen LogP) is 0.320. The molecule has 2 aliphatic rings. The summed E-state index contributed by atoms with van der Waals surface area (Å²) in [5, 5.41) is 3.34. The van der Waals surface area contributed by atoms with E-state index >= 15 is 0 Å². The summed E-state index contributed by atoms with van der Waals surface area (Å²) in [6, 6.07) is 5.99. The third-order valence-corrected chi connectivity index (χ3v) is 3.49. The molecule has 1 atom stereocenters. The van der Waals surface area contributed by atoms with Gasteiger partial charge in [-0.15, -0.1) is 0 Å². The van der Waals surface area contributed by atoms with Crippen molar-refractivity contribution in [2.45, 2.75) is 6.04 Å². The molecule has 5 nitrogen and oxygen atoms in total. The molecule has 0 aliphatic carbocycles. The quantitative estimate of drug-likeness (QED) is 0.808. The van der Waals surface area contributed by atoms with Crippen molar-refractivity contribution in [2.24, 2.45) is 5.73 Å². The van der Waals surface area contributed by atoms with Crippen molar-refractivity contribution in [3.05, 3.63) is 23.8 Å². The van der Waals surface area contributed by atoms with Gasteiger partial charge in [-0.2, -0.15) is 0 Å². The number of rotatable bonds is 3. The topological polar surface area (TPSA) is 59.8 Å². The molecule has 0 saturated carbocycles. The van der Waals surface area contributed by atoms with Crippen LogP contribution < -0.4 is 20.5 Å². The zero-order valence-corrected chi connectivity index (χ0v) is 10.4. The average Bonchev–Trinajstić information content (AvgIpc) is 2.87. The lowest BCUT2D eigenvalue weighted by Crippen LogP contribution is -2.45. The Labute approximate surface area is 107 Å². The molecule has 5 heteroatoms. The van der Waals surface area contributed by atoms with Crippen molar-refractivity contribution in [1.29, 1.82) is 0 Å². The Hall–Kier alpha value is -1.30. The van der Waals surface area contributed by atoms with E-state index in [9.17, 15) is 0 Å². The van der Waals surface area contributed by atoms with Crippen LogP contribution in [0.3, 0.4) is 0 Å². The summed E-state index contributed by atoms with van der Waals surface area (Å²) in [6.45, 7) is 5.44. The molecule has 1 aromatic carbocycles. The van der Waals surface area contributed by atoms with Crippen LogP contribution in [-0.2, 0) is 0 Å². The number of hydrogen-bond donors (Lipinski definition) is 2. The van der Waals surface area contributed by atoms with Crippen molar-refractivity contribution in [3.63, 3.8) is 0 Å². The first-order chi connectivity index (χ1) is 8.83. The van der Waals surface area contributed by atoms with Gasteiger partial charge < -0.3 is 20.5 Å². The molecule has 18 heavy (non-hydrogen) atoms. The molecule has 0 radical (unpaired) electrons. The molecular formula is C13H19N3O2. The molecule has 1 fully saturated rings. The number of hydrogen-bond acceptors (Lipinski definition) is 5. The lowest BCUT2D eigenvalue weighted by atomic mass is 10.1. The molecule has 2 heterocycles. The van der Waals surface area contributed by atoms with E-state index in [4.69, 9.17) is 15.2 Å². The van der Waals surface area contributed by atoms with Gasteiger partial charge >= 0.3 is 0 Å². The van der Waals surface area contributed by atoms with Crippen LogP contribution in [-0.4, -0.2) is 44.4 Å². The maximum atomic E-state index is 6.26. The van der Waals surface area contributed by atoms with E-state index in [1.807, 2.05) is 18.2 Å². The van der Waals surface area contributed by atoms with E-state index in [1.54, 1.807) is 0 Å². The Kier molecular flexibility index (Phi) is 3.36. The highest BCUT2D eigenvalue weighted by Crippen LogP contribution is 2.33. The van der Waals surface area contributed by atoms with Crippen molar-refractivity contribution in [2.75, 3.05) is 39.5 Å². The van der Waals surface area contributed by atoms with Crippen LogP contribution in [0.5, 0.6) is 11.5 Å². The Bertz CT molecular complexity index is 419. The first-order valence-electron chi connectivity index (χ1n) is 6.41. The van der Waals surface area contributed by atoms with Crippen LogP contribution in [0.2, 0.25) is 0 Å². The van der Waals surface area contributed by atoms with Gasteiger partial charge in [0.05, 0.1) is 0 Å². The summed E-state index contributed by atoms with van der Waals surface area (Å²) < 4.78 is 10.7. The Balaban J connectivity index is 1.66. The van der Waals surface area contributed by atoms with Crippen molar-refractivity contribution < 1.29 is 9.47 Å². The molecule has 3 rings (SSSR count). The second kappa shape index (κ2) is 5.14. The minimum absolute atomic E-state index is 0.0256. The van der Waals surface area contributed by atoms with Crippen molar-refractivity contribution in [1.82, 2.24) is 10.2 Å². The summed E-state index contributed by atoms with van der Waals surface area (Å²) in [6.07, 6.45) is 0. The molecule has 2 aliphatic heterocycles. The molecule has 0 bridgehead atoms. The summed E-state index contributed by atoms with van der Waals surface area (Å²) in [4.78, 5) is 2.39. The molecule has 0 spiro atoms. The van der Waals surface area contributed by atoms with E-state index in [1.165, 1.54) is 0 Å². The molecule has 1 saturated heterocycles. The van der Waals surface area contributed by atoms with Gasteiger partial charge in [-0.05, 0) is 17.7 Å². The van der Waals surface area contributed by atoms with Gasteiger partial charge in [0.2, 0.25) is 6.79 Å². The molecule has 98 valence electrons. The van der Waals surface area contributed by atoms with Crippen molar-refractivity contribution >= 4 is 0 Å². The number of fused-ring (bicyclic) bond motifs is 1. The van der Waals surface area contributed by atoms with Crippen LogP contribution in [0, 0.1) is 0 Å². The molecule has 0 amide bonds. The van der Waals surface area contributed by atoms with Crippen LogP contribution in [0.4, 0.5) is 0 Å². The smallest absolute Gasteiger partial charge is 0.231 e. The minimum Gasteiger partial charge on any atom is -0.454 e. The standard InChI is InChI=1S/C13H19N3O2/c14-11(8-16-5-3-15-4-6-16)10-1-2-12-13(7-10)18-9-17-12/h1-2,7,11,15H,3-6,8-9,14H2. The molecule has 1 aromatic rings. The fourth-order valence-corrected chi connectivity index (χ4v) is 2.42. The normalized spacial score (nSPS) is 20.9. The average molecular weight is 249 g/mol. The summed E-state index contributed by atoms with van der Waals surface area (Å²) in [5.41, 5.74) is 7.37. The van der Waals surface area contributed by atoms with Crippen LogP contribution in [0.25, 0.3) is 0 Å². The largest absolute Gasteiger partial charge is 0.454 e. The number of nitrogens with zero attached hydrogens (tertiary/aromatic N) is 1. The van der Waals surface area contributed by atoms with E-state index in [0.29, 0.717) is 6.79 Å². The Morgan fingerprint density at radius 1 is 1.22 bits per heavy atom. The fraction of sp³-hybridized carbons (Fsp3) is 0.538. The second-order valence-corrected chi connectivity index (χ2v) is 4.77. The lowest BCUT2D eigenvalue weighted by Gasteiger charge is -2.29. The summed E-state index contributed by atoms with van der Waals surface area (Å²) in [5.74, 6) is 1.62. The van der Waals surface area contributed by atoms with E-state index in [-0.39, 0.29) is 6.04 Å². The first kappa shape index (κ1) is 11.8. The summed E-state index contributed by atoms with van der Waals surface area (Å²) >= 11 is 0. The van der Waals surface area contributed by atoms with Gasteiger partial charge in [-0.25, -0.2) is 0 Å². The zero-order chi connectivity index (χ0) is 12.4. The number of nitrogens with two attached hydrogens (primary N) is 1. The SMILES string of the molecule is NC(CN1CCNCC1)c1ccc2c(c1)OCO2. The van der Waals surface area contributed by atoms with Gasteiger partial charge in [0.15, 0.2) is 11.5 Å². The maximum Gasteiger partial charge on any atom is 0.231 e. The molecule has 1 unspecified atom stereocenters. The van der Waals surface area contributed by atoms with E-state index in [2.05, 4.69) is 10.2 Å². The Morgan fingerprint density at radius 3 is 2.83 bits per heavy atom. The fourth-order valence-electron chi connectivity index (χ4n) is 2.42. The number of nitrogens with one attached hydrogen (secondary N) is 1. The minimum atomic E-state index is 0.0256. The van der Waals surface area contributed by atoms with Crippen molar-refractivity contribution in [3.8, 4) is 11.5 Å². The van der Waals surface area contributed by atoms with Gasteiger partial charge in [-0.3, -0.25) is 4.90 Å². The highest BCUT2D eigenvalue weighted by Gasteiger charge is 2.18. The number of benzene rings is 1. The first-order valence-corrected chi connectivity index (χ1v) is 6.41.